The second kappa shape index (κ2) is 8.61. The van der Waals surface area contributed by atoms with E-state index in [1.54, 1.807) is 6.08 Å². The Bertz CT molecular complexity index is 381. The molecule has 17 heavy (non-hydrogen) atoms. The first-order valence-electron chi connectivity index (χ1n) is 6.22. The van der Waals surface area contributed by atoms with Gasteiger partial charge in [-0.2, -0.15) is 0 Å². The molecule has 0 bridgehead atoms. The Morgan fingerprint density at radius 2 is 2.00 bits per heavy atom. The summed E-state index contributed by atoms with van der Waals surface area (Å²) in [6.45, 7) is 2.17. The molecule has 0 saturated heterocycles. The number of hydrogen-bond acceptors (Lipinski definition) is 1. The van der Waals surface area contributed by atoms with E-state index in [4.69, 9.17) is 0 Å². The molecule has 0 aliphatic carbocycles. The van der Waals surface area contributed by atoms with E-state index in [2.05, 4.69) is 18.8 Å². The van der Waals surface area contributed by atoms with Crippen molar-refractivity contribution in [3.8, 4) is 11.8 Å². The van der Waals surface area contributed by atoms with Crippen molar-refractivity contribution in [2.75, 3.05) is 0 Å². The third-order valence-electron chi connectivity index (χ3n) is 2.43. The highest BCUT2D eigenvalue weighted by atomic mass is 16.3. The molecule has 0 heterocycles. The van der Waals surface area contributed by atoms with E-state index in [-0.39, 0.29) is 0 Å². The average molecular weight is 228 g/mol. The van der Waals surface area contributed by atoms with Crippen LogP contribution >= 0.6 is 0 Å². The van der Waals surface area contributed by atoms with Crippen molar-refractivity contribution < 1.29 is 5.11 Å². The van der Waals surface area contributed by atoms with Crippen LogP contribution in [0.3, 0.4) is 0 Å². The predicted molar refractivity (Wildman–Crippen MR) is 73.4 cm³/mol. The van der Waals surface area contributed by atoms with Crippen molar-refractivity contribution in [3.05, 3.63) is 42.0 Å². The van der Waals surface area contributed by atoms with Crippen LogP contribution in [0.2, 0.25) is 0 Å². The van der Waals surface area contributed by atoms with Crippen LogP contribution in [0.1, 0.15) is 38.2 Å². The Hall–Kier alpha value is -1.52. The Labute approximate surface area is 104 Å². The van der Waals surface area contributed by atoms with Gasteiger partial charge in [-0.3, -0.25) is 0 Å². The molecule has 90 valence electrons. The van der Waals surface area contributed by atoms with Gasteiger partial charge in [0.05, 0.1) is 0 Å². The van der Waals surface area contributed by atoms with E-state index >= 15 is 0 Å². The highest BCUT2D eigenvalue weighted by Gasteiger charge is 1.91. The first-order chi connectivity index (χ1) is 8.33. The fourth-order valence-electron chi connectivity index (χ4n) is 1.45. The van der Waals surface area contributed by atoms with Gasteiger partial charge in [0.2, 0.25) is 0 Å². The van der Waals surface area contributed by atoms with Gasteiger partial charge in [-0.1, -0.05) is 62.1 Å². The molecule has 1 N–H and O–H groups in total. The zero-order chi connectivity index (χ0) is 12.3. The topological polar surface area (TPSA) is 20.2 Å². The van der Waals surface area contributed by atoms with Crippen LogP contribution in [-0.2, 0) is 0 Å². The van der Waals surface area contributed by atoms with E-state index < -0.39 is 6.10 Å². The second-order valence-electron chi connectivity index (χ2n) is 3.99. The number of rotatable bonds is 5. The molecule has 0 fully saturated rings. The summed E-state index contributed by atoms with van der Waals surface area (Å²) in [6, 6.07) is 9.92. The Morgan fingerprint density at radius 3 is 2.71 bits per heavy atom. The normalized spacial score (nSPS) is 12.1. The van der Waals surface area contributed by atoms with Crippen molar-refractivity contribution in [1.82, 2.24) is 0 Å². The molecule has 0 aliphatic rings. The number of aliphatic hydroxyl groups excluding tert-OH is 1. The van der Waals surface area contributed by atoms with Crippen molar-refractivity contribution >= 4 is 6.08 Å². The lowest BCUT2D eigenvalue weighted by atomic mass is 10.2. The summed E-state index contributed by atoms with van der Waals surface area (Å²) in [6.07, 6.45) is 7.38. The zero-order valence-electron chi connectivity index (χ0n) is 10.4. The maximum Gasteiger partial charge on any atom is 0.133 e. The lowest BCUT2D eigenvalue weighted by Crippen LogP contribution is -1.96. The maximum atomic E-state index is 9.61. The van der Waals surface area contributed by atoms with Gasteiger partial charge in [-0.05, 0) is 18.1 Å². The van der Waals surface area contributed by atoms with Gasteiger partial charge in [0.15, 0.2) is 0 Å². The van der Waals surface area contributed by atoms with Crippen molar-refractivity contribution in [2.45, 2.75) is 38.7 Å². The molecule has 0 spiro atoms. The zero-order valence-corrected chi connectivity index (χ0v) is 10.4. The number of aliphatic hydroxyl groups is 1. The van der Waals surface area contributed by atoms with Crippen LogP contribution in [0.15, 0.2) is 36.4 Å². The largest absolute Gasteiger partial charge is 0.377 e. The molecule has 1 aromatic rings. The van der Waals surface area contributed by atoms with Crippen LogP contribution in [-0.4, -0.2) is 11.2 Å². The first-order valence-corrected chi connectivity index (χ1v) is 6.22. The Morgan fingerprint density at radius 1 is 1.24 bits per heavy atom. The molecule has 1 aromatic carbocycles. The van der Waals surface area contributed by atoms with E-state index in [1.165, 1.54) is 12.8 Å². The van der Waals surface area contributed by atoms with E-state index in [0.29, 0.717) is 0 Å². The predicted octanol–water partition coefficient (Wildman–Crippen LogP) is 3.64. The minimum absolute atomic E-state index is 0.656. The summed E-state index contributed by atoms with van der Waals surface area (Å²) in [5.41, 5.74) is 1.08. The summed E-state index contributed by atoms with van der Waals surface area (Å²) in [5, 5.41) is 9.61. The van der Waals surface area contributed by atoms with Gasteiger partial charge in [0.1, 0.15) is 6.10 Å². The van der Waals surface area contributed by atoms with Crippen molar-refractivity contribution in [2.24, 2.45) is 0 Å². The van der Waals surface area contributed by atoms with Crippen LogP contribution in [0, 0.1) is 11.8 Å². The molecule has 0 aromatic heterocycles. The van der Waals surface area contributed by atoms with Crippen molar-refractivity contribution in [3.63, 3.8) is 0 Å². The smallest absolute Gasteiger partial charge is 0.133 e. The number of hydrogen-bond donors (Lipinski definition) is 1. The molecule has 0 radical (unpaired) electrons. The molecule has 1 unspecified atom stereocenters. The van der Waals surface area contributed by atoms with Crippen LogP contribution in [0.5, 0.6) is 0 Å². The van der Waals surface area contributed by atoms with Crippen LogP contribution in [0.4, 0.5) is 0 Å². The average Bonchev–Trinajstić information content (AvgIpc) is 2.37. The van der Waals surface area contributed by atoms with Crippen LogP contribution in [0.25, 0.3) is 6.08 Å². The van der Waals surface area contributed by atoms with E-state index in [9.17, 15) is 5.11 Å². The molecular weight excluding hydrogens is 208 g/mol. The highest BCUT2D eigenvalue weighted by Crippen LogP contribution is 2.02. The summed E-state index contributed by atoms with van der Waals surface area (Å²) >= 11 is 0. The lowest BCUT2D eigenvalue weighted by molar-refractivity contribution is 0.281. The summed E-state index contributed by atoms with van der Waals surface area (Å²) in [7, 11) is 0. The minimum atomic E-state index is -0.656. The first kappa shape index (κ1) is 13.5. The monoisotopic (exact) mass is 228 g/mol. The minimum Gasteiger partial charge on any atom is -0.377 e. The van der Waals surface area contributed by atoms with Gasteiger partial charge < -0.3 is 5.11 Å². The summed E-state index contributed by atoms with van der Waals surface area (Å²) in [4.78, 5) is 0. The lowest BCUT2D eigenvalue weighted by Gasteiger charge is -1.95. The molecule has 1 nitrogen and oxygen atoms in total. The number of unbranched alkanes of at least 4 members (excludes halogenated alkanes) is 3. The number of benzene rings is 1. The van der Waals surface area contributed by atoms with Crippen LogP contribution < -0.4 is 0 Å². The third kappa shape index (κ3) is 6.60. The SMILES string of the molecule is CCCCCC#CC(O)/C=C/c1ccccc1. The molecule has 0 amide bonds. The van der Waals surface area contributed by atoms with Gasteiger partial charge in [0, 0.05) is 6.42 Å². The van der Waals surface area contributed by atoms with E-state index in [0.717, 1.165) is 18.4 Å². The summed E-state index contributed by atoms with van der Waals surface area (Å²) < 4.78 is 0. The van der Waals surface area contributed by atoms with Gasteiger partial charge in [-0.25, -0.2) is 0 Å². The van der Waals surface area contributed by atoms with Gasteiger partial charge >= 0.3 is 0 Å². The molecule has 1 atom stereocenters. The van der Waals surface area contributed by atoms with Crippen molar-refractivity contribution in [1.29, 1.82) is 0 Å². The Kier molecular flexibility index (Phi) is 6.86. The molecular formula is C16H20O. The highest BCUT2D eigenvalue weighted by molar-refractivity contribution is 5.50. The van der Waals surface area contributed by atoms with E-state index in [1.807, 2.05) is 36.4 Å². The van der Waals surface area contributed by atoms with Gasteiger partial charge in [0.25, 0.3) is 0 Å². The van der Waals surface area contributed by atoms with Gasteiger partial charge in [-0.15, -0.1) is 5.92 Å². The molecule has 0 saturated carbocycles. The summed E-state index contributed by atoms with van der Waals surface area (Å²) in [5.74, 6) is 5.84. The maximum absolute atomic E-state index is 9.61. The second-order valence-corrected chi connectivity index (χ2v) is 3.99. The fourth-order valence-corrected chi connectivity index (χ4v) is 1.45. The molecule has 1 heteroatoms. The Balaban J connectivity index is 2.34. The fraction of sp³-hybridized carbons (Fsp3) is 0.375. The third-order valence-corrected chi connectivity index (χ3v) is 2.43. The quantitative estimate of drug-likeness (QED) is 0.602. The molecule has 0 aliphatic heterocycles. The standard InChI is InChI=1S/C16H20O/c1-2-3-4-5-9-12-16(17)14-13-15-10-7-6-8-11-15/h6-8,10-11,13-14,16-17H,2-5H2,1H3/b14-13+. The molecule has 1 rings (SSSR count).